The highest BCUT2D eigenvalue weighted by Gasteiger charge is 2.20. The monoisotopic (exact) mass is 355 g/mol. The van der Waals surface area contributed by atoms with Gasteiger partial charge in [0.2, 0.25) is 12.7 Å². The number of rotatable bonds is 5. The molecule has 0 atom stereocenters. The Labute approximate surface area is 153 Å². The largest absolute Gasteiger partial charge is 0.454 e. The summed E-state index contributed by atoms with van der Waals surface area (Å²) in [6.45, 7) is 9.28. The van der Waals surface area contributed by atoms with Gasteiger partial charge < -0.3 is 19.7 Å². The van der Waals surface area contributed by atoms with Gasteiger partial charge >= 0.3 is 0 Å². The molecule has 0 bridgehead atoms. The predicted octanol–water partition coefficient (Wildman–Crippen LogP) is 2.35. The highest BCUT2D eigenvalue weighted by atomic mass is 16.7. The van der Waals surface area contributed by atoms with Gasteiger partial charge in [-0.15, -0.1) is 0 Å². The standard InChI is InChI=1S/C19H25N5O2/c1-14(2)21-18-5-6-20-19(22-18)24-9-7-23(8-10-24)12-15-3-4-16-17(11-15)26-13-25-16/h3-6,11,14H,7-10,12-13H2,1-2H3,(H,20,21,22). The normalized spacial score (nSPS) is 17.0. The molecule has 0 saturated carbocycles. The quantitative estimate of drug-likeness (QED) is 0.883. The van der Waals surface area contributed by atoms with E-state index in [-0.39, 0.29) is 0 Å². The molecule has 1 aromatic heterocycles. The third-order valence-electron chi connectivity index (χ3n) is 4.58. The van der Waals surface area contributed by atoms with E-state index in [2.05, 4.69) is 51.1 Å². The van der Waals surface area contributed by atoms with Crippen LogP contribution in [0.1, 0.15) is 19.4 Å². The van der Waals surface area contributed by atoms with Crippen molar-refractivity contribution in [2.45, 2.75) is 26.4 Å². The highest BCUT2D eigenvalue weighted by Crippen LogP contribution is 2.32. The number of nitrogens with zero attached hydrogens (tertiary/aromatic N) is 4. The molecule has 26 heavy (non-hydrogen) atoms. The molecule has 1 saturated heterocycles. The first-order chi connectivity index (χ1) is 12.7. The first kappa shape index (κ1) is 16.9. The Kier molecular flexibility index (Phi) is 4.79. The number of benzene rings is 1. The Balaban J connectivity index is 1.34. The van der Waals surface area contributed by atoms with Crippen LogP contribution < -0.4 is 19.7 Å². The minimum Gasteiger partial charge on any atom is -0.454 e. The summed E-state index contributed by atoms with van der Waals surface area (Å²) >= 11 is 0. The number of hydrogen-bond acceptors (Lipinski definition) is 7. The minimum absolute atomic E-state index is 0.322. The molecule has 0 unspecified atom stereocenters. The van der Waals surface area contributed by atoms with E-state index in [1.54, 1.807) is 0 Å². The van der Waals surface area contributed by atoms with E-state index in [0.717, 1.165) is 56.0 Å². The second-order valence-corrected chi connectivity index (χ2v) is 6.99. The molecule has 0 spiro atoms. The lowest BCUT2D eigenvalue weighted by atomic mass is 10.1. The van der Waals surface area contributed by atoms with Gasteiger partial charge in [0.1, 0.15) is 5.82 Å². The molecular weight excluding hydrogens is 330 g/mol. The van der Waals surface area contributed by atoms with Crippen molar-refractivity contribution in [1.82, 2.24) is 14.9 Å². The number of ether oxygens (including phenoxy) is 2. The zero-order chi connectivity index (χ0) is 17.9. The Morgan fingerprint density at radius 1 is 1.08 bits per heavy atom. The fourth-order valence-corrected chi connectivity index (χ4v) is 3.28. The van der Waals surface area contributed by atoms with Crippen molar-refractivity contribution in [1.29, 1.82) is 0 Å². The third kappa shape index (κ3) is 3.83. The summed E-state index contributed by atoms with van der Waals surface area (Å²) < 4.78 is 10.8. The summed E-state index contributed by atoms with van der Waals surface area (Å²) in [5, 5.41) is 3.34. The molecule has 3 heterocycles. The van der Waals surface area contributed by atoms with Crippen LogP contribution in [0.15, 0.2) is 30.5 Å². The zero-order valence-electron chi connectivity index (χ0n) is 15.3. The molecule has 2 aliphatic rings. The molecule has 2 aromatic rings. The zero-order valence-corrected chi connectivity index (χ0v) is 15.3. The Morgan fingerprint density at radius 3 is 2.69 bits per heavy atom. The number of aromatic nitrogens is 2. The van der Waals surface area contributed by atoms with Gasteiger partial charge in [0, 0.05) is 45.0 Å². The minimum atomic E-state index is 0.322. The number of nitrogens with one attached hydrogen (secondary N) is 1. The van der Waals surface area contributed by atoms with Gasteiger partial charge in [-0.3, -0.25) is 4.90 Å². The van der Waals surface area contributed by atoms with Gasteiger partial charge in [0.15, 0.2) is 11.5 Å². The summed E-state index contributed by atoms with van der Waals surface area (Å²) in [6.07, 6.45) is 1.83. The lowest BCUT2D eigenvalue weighted by Gasteiger charge is -2.34. The molecule has 2 aliphatic heterocycles. The fraction of sp³-hybridized carbons (Fsp3) is 0.474. The molecule has 1 N–H and O–H groups in total. The van der Waals surface area contributed by atoms with Gasteiger partial charge in [-0.05, 0) is 37.6 Å². The fourth-order valence-electron chi connectivity index (χ4n) is 3.28. The Bertz CT molecular complexity index is 759. The number of fused-ring (bicyclic) bond motifs is 1. The number of piperazine rings is 1. The molecule has 7 heteroatoms. The molecule has 138 valence electrons. The SMILES string of the molecule is CC(C)Nc1ccnc(N2CCN(Cc3ccc4c(c3)OCO4)CC2)n1. The summed E-state index contributed by atoms with van der Waals surface area (Å²) in [4.78, 5) is 13.8. The summed E-state index contributed by atoms with van der Waals surface area (Å²) in [5.74, 6) is 3.38. The van der Waals surface area contributed by atoms with Crippen molar-refractivity contribution in [2.75, 3.05) is 43.2 Å². The lowest BCUT2D eigenvalue weighted by molar-refractivity contribution is 0.174. The topological polar surface area (TPSA) is 62.8 Å². The molecular formula is C19H25N5O2. The lowest BCUT2D eigenvalue weighted by Crippen LogP contribution is -2.46. The van der Waals surface area contributed by atoms with Crippen LogP contribution in [0, 0.1) is 0 Å². The molecule has 1 fully saturated rings. The van der Waals surface area contributed by atoms with Gasteiger partial charge in [0.25, 0.3) is 0 Å². The van der Waals surface area contributed by atoms with E-state index in [9.17, 15) is 0 Å². The average Bonchev–Trinajstić information content (AvgIpc) is 3.10. The maximum atomic E-state index is 5.47. The van der Waals surface area contributed by atoms with Crippen LogP contribution in [-0.2, 0) is 6.54 Å². The van der Waals surface area contributed by atoms with Gasteiger partial charge in [-0.1, -0.05) is 6.07 Å². The van der Waals surface area contributed by atoms with Gasteiger partial charge in [-0.2, -0.15) is 4.98 Å². The van der Waals surface area contributed by atoms with E-state index < -0.39 is 0 Å². The van der Waals surface area contributed by atoms with Crippen LogP contribution in [0.2, 0.25) is 0 Å². The first-order valence-electron chi connectivity index (χ1n) is 9.13. The molecule has 4 rings (SSSR count). The Hall–Kier alpha value is -2.54. The average molecular weight is 355 g/mol. The van der Waals surface area contributed by atoms with Crippen LogP contribution in [-0.4, -0.2) is 53.9 Å². The van der Waals surface area contributed by atoms with Crippen molar-refractivity contribution in [3.8, 4) is 11.5 Å². The molecule has 0 aliphatic carbocycles. The maximum Gasteiger partial charge on any atom is 0.231 e. The van der Waals surface area contributed by atoms with Crippen LogP contribution >= 0.6 is 0 Å². The van der Waals surface area contributed by atoms with Crippen molar-refractivity contribution in [3.05, 3.63) is 36.0 Å². The second kappa shape index (κ2) is 7.37. The van der Waals surface area contributed by atoms with E-state index in [1.165, 1.54) is 5.56 Å². The van der Waals surface area contributed by atoms with Gasteiger partial charge in [-0.25, -0.2) is 4.98 Å². The number of hydrogen-bond donors (Lipinski definition) is 1. The van der Waals surface area contributed by atoms with E-state index in [4.69, 9.17) is 9.47 Å². The summed E-state index contributed by atoms with van der Waals surface area (Å²) in [7, 11) is 0. The molecule has 7 nitrogen and oxygen atoms in total. The van der Waals surface area contributed by atoms with Crippen LogP contribution in [0.25, 0.3) is 0 Å². The Morgan fingerprint density at radius 2 is 1.88 bits per heavy atom. The van der Waals surface area contributed by atoms with Crippen LogP contribution in [0.4, 0.5) is 11.8 Å². The second-order valence-electron chi connectivity index (χ2n) is 6.99. The van der Waals surface area contributed by atoms with Crippen molar-refractivity contribution in [2.24, 2.45) is 0 Å². The highest BCUT2D eigenvalue weighted by molar-refractivity contribution is 5.45. The number of anilines is 2. The van der Waals surface area contributed by atoms with Gasteiger partial charge in [0.05, 0.1) is 0 Å². The molecule has 0 amide bonds. The molecule has 0 radical (unpaired) electrons. The van der Waals surface area contributed by atoms with Crippen LogP contribution in [0.5, 0.6) is 11.5 Å². The smallest absolute Gasteiger partial charge is 0.231 e. The van der Waals surface area contributed by atoms with E-state index in [1.807, 2.05) is 18.3 Å². The molecule has 1 aromatic carbocycles. The van der Waals surface area contributed by atoms with E-state index in [0.29, 0.717) is 12.8 Å². The van der Waals surface area contributed by atoms with Crippen molar-refractivity contribution >= 4 is 11.8 Å². The predicted molar refractivity (Wildman–Crippen MR) is 101 cm³/mol. The third-order valence-corrected chi connectivity index (χ3v) is 4.58. The van der Waals surface area contributed by atoms with Crippen LogP contribution in [0.3, 0.4) is 0 Å². The van der Waals surface area contributed by atoms with E-state index >= 15 is 0 Å². The van der Waals surface area contributed by atoms with Crippen molar-refractivity contribution < 1.29 is 9.47 Å². The summed E-state index contributed by atoms with van der Waals surface area (Å²) in [6, 6.07) is 8.47. The maximum absolute atomic E-state index is 5.47. The first-order valence-corrected chi connectivity index (χ1v) is 9.13. The summed E-state index contributed by atoms with van der Waals surface area (Å²) in [5.41, 5.74) is 1.25. The van der Waals surface area contributed by atoms with Crippen molar-refractivity contribution in [3.63, 3.8) is 0 Å².